The van der Waals surface area contributed by atoms with E-state index in [1.165, 1.54) is 36.0 Å². The van der Waals surface area contributed by atoms with Gasteiger partial charge < -0.3 is 10.2 Å². The normalized spacial score (nSPS) is 19.2. The summed E-state index contributed by atoms with van der Waals surface area (Å²) in [6.07, 6.45) is 1.54. The van der Waals surface area contributed by atoms with Crippen molar-refractivity contribution in [2.75, 3.05) is 18.4 Å². The van der Waals surface area contributed by atoms with Crippen molar-refractivity contribution in [2.45, 2.75) is 51.2 Å². The third kappa shape index (κ3) is 4.96. The molecule has 1 amide bonds. The molecule has 1 spiro atoms. The predicted molar refractivity (Wildman–Crippen MR) is 130 cm³/mol. The number of piperidine rings is 1. The van der Waals surface area contributed by atoms with E-state index in [1.54, 1.807) is 12.1 Å². The number of amides is 1. The van der Waals surface area contributed by atoms with Crippen molar-refractivity contribution in [2.24, 2.45) is 5.41 Å². The first kappa shape index (κ1) is 24.7. The number of likely N-dealkylation sites (tertiary alicyclic amines) is 1. The maximum Gasteiger partial charge on any atom is 0.417 e. The summed E-state index contributed by atoms with van der Waals surface area (Å²) < 4.78 is 52.1. The summed E-state index contributed by atoms with van der Waals surface area (Å²) in [7, 11) is 0. The Balaban J connectivity index is 1.37. The molecule has 2 aromatic heterocycles. The molecule has 1 aliphatic heterocycles. The molecule has 190 valence electrons. The van der Waals surface area contributed by atoms with E-state index in [9.17, 15) is 22.4 Å². The quantitative estimate of drug-likeness (QED) is 0.389. The number of nitrogens with one attached hydrogen (secondary N) is 1. The van der Waals surface area contributed by atoms with Gasteiger partial charge >= 0.3 is 6.18 Å². The molecule has 2 aliphatic rings. The Morgan fingerprint density at radius 1 is 1.17 bits per heavy atom. The van der Waals surface area contributed by atoms with Crippen LogP contribution >= 0.6 is 11.3 Å². The molecule has 5 rings (SSSR count). The van der Waals surface area contributed by atoms with Crippen LogP contribution < -0.4 is 5.32 Å². The number of pyridine rings is 1. The van der Waals surface area contributed by atoms with E-state index >= 15 is 0 Å². The monoisotopic (exact) mass is 518 g/mol. The molecule has 10 heteroatoms. The van der Waals surface area contributed by atoms with Gasteiger partial charge in [0.25, 0.3) is 5.91 Å². The minimum atomic E-state index is -4.44. The molecule has 1 atom stereocenters. The van der Waals surface area contributed by atoms with Gasteiger partial charge in [-0.1, -0.05) is 18.6 Å². The Hall–Kier alpha value is -3.01. The second-order valence-corrected chi connectivity index (χ2v) is 10.9. The van der Waals surface area contributed by atoms with E-state index in [-0.39, 0.29) is 23.2 Å². The highest BCUT2D eigenvalue weighted by molar-refractivity contribution is 7.15. The van der Waals surface area contributed by atoms with Crippen molar-refractivity contribution in [1.29, 1.82) is 0 Å². The number of halogens is 4. The summed E-state index contributed by atoms with van der Waals surface area (Å²) >= 11 is 1.40. The van der Waals surface area contributed by atoms with Crippen molar-refractivity contribution < 1.29 is 22.4 Å². The molecule has 2 fully saturated rings. The number of hydrogen-bond acceptors (Lipinski definition) is 5. The number of aryl methyl sites for hydroxylation is 1. The van der Waals surface area contributed by atoms with Crippen molar-refractivity contribution in [3.8, 4) is 10.4 Å². The number of carbonyl (C=O) groups is 1. The van der Waals surface area contributed by atoms with Gasteiger partial charge in [0.1, 0.15) is 17.3 Å². The number of carbonyl (C=O) groups excluding carboxylic acids is 1. The lowest BCUT2D eigenvalue weighted by atomic mass is 9.61. The van der Waals surface area contributed by atoms with Gasteiger partial charge in [-0.25, -0.2) is 14.4 Å². The van der Waals surface area contributed by atoms with Crippen LogP contribution in [0.15, 0.2) is 42.6 Å². The van der Waals surface area contributed by atoms with Crippen LogP contribution in [0.25, 0.3) is 10.4 Å². The van der Waals surface area contributed by atoms with Crippen LogP contribution in [0.4, 0.5) is 23.4 Å². The molecule has 1 saturated heterocycles. The maximum atomic E-state index is 13.8. The van der Waals surface area contributed by atoms with Crippen molar-refractivity contribution >= 4 is 23.1 Å². The van der Waals surface area contributed by atoms with E-state index in [0.29, 0.717) is 29.5 Å². The molecule has 1 N–H and O–H groups in total. The van der Waals surface area contributed by atoms with Crippen LogP contribution in [-0.2, 0) is 6.18 Å². The topological polar surface area (TPSA) is 58.1 Å². The van der Waals surface area contributed by atoms with Gasteiger partial charge in [-0.05, 0) is 67.9 Å². The zero-order valence-electron chi connectivity index (χ0n) is 19.7. The Kier molecular flexibility index (Phi) is 6.48. The van der Waals surface area contributed by atoms with Gasteiger partial charge in [0, 0.05) is 25.3 Å². The number of nitrogens with zero attached hydrogens (tertiary/aromatic N) is 3. The Bertz CT molecular complexity index is 1240. The van der Waals surface area contributed by atoms with Crippen LogP contribution in [0.5, 0.6) is 0 Å². The second-order valence-electron chi connectivity index (χ2n) is 9.69. The Morgan fingerprint density at radius 2 is 1.92 bits per heavy atom. The highest BCUT2D eigenvalue weighted by atomic mass is 32.1. The summed E-state index contributed by atoms with van der Waals surface area (Å²) in [5, 5.41) is 3.89. The molecule has 36 heavy (non-hydrogen) atoms. The zero-order chi connectivity index (χ0) is 25.5. The molecular formula is C26H26F4N4OS. The smallest absolute Gasteiger partial charge is 0.368 e. The first-order chi connectivity index (χ1) is 17.1. The third-order valence-corrected chi connectivity index (χ3v) is 8.34. The first-order valence-corrected chi connectivity index (χ1v) is 12.8. The van der Waals surface area contributed by atoms with Gasteiger partial charge in [-0.2, -0.15) is 13.2 Å². The van der Waals surface area contributed by atoms with E-state index in [1.807, 2.05) is 11.8 Å². The van der Waals surface area contributed by atoms with Crippen LogP contribution in [0.2, 0.25) is 0 Å². The van der Waals surface area contributed by atoms with Crippen molar-refractivity contribution in [3.05, 3.63) is 64.7 Å². The van der Waals surface area contributed by atoms with Gasteiger partial charge in [-0.15, -0.1) is 11.3 Å². The van der Waals surface area contributed by atoms with Gasteiger partial charge in [0.15, 0.2) is 0 Å². The van der Waals surface area contributed by atoms with E-state index in [0.717, 1.165) is 48.5 Å². The molecule has 1 saturated carbocycles. The van der Waals surface area contributed by atoms with Crippen molar-refractivity contribution in [3.63, 3.8) is 0 Å². The van der Waals surface area contributed by atoms with E-state index in [2.05, 4.69) is 15.3 Å². The predicted octanol–water partition coefficient (Wildman–Crippen LogP) is 6.56. The summed E-state index contributed by atoms with van der Waals surface area (Å²) in [6.45, 7) is 2.80. The van der Waals surface area contributed by atoms with Crippen LogP contribution in [0, 0.1) is 18.2 Å². The molecule has 1 unspecified atom stereocenters. The minimum Gasteiger partial charge on any atom is -0.368 e. The third-order valence-electron chi connectivity index (χ3n) is 7.32. The minimum absolute atomic E-state index is 0.154. The molecule has 3 heterocycles. The fourth-order valence-corrected chi connectivity index (χ4v) is 6.14. The highest BCUT2D eigenvalue weighted by Crippen LogP contribution is 2.51. The highest BCUT2D eigenvalue weighted by Gasteiger charge is 2.45. The molecule has 0 radical (unpaired) electrons. The Morgan fingerprint density at radius 3 is 2.53 bits per heavy atom. The lowest BCUT2D eigenvalue weighted by Gasteiger charge is -2.51. The van der Waals surface area contributed by atoms with Gasteiger partial charge in [-0.3, -0.25) is 4.79 Å². The second kappa shape index (κ2) is 9.46. The van der Waals surface area contributed by atoms with Crippen LogP contribution in [0.1, 0.15) is 53.2 Å². The van der Waals surface area contributed by atoms with Crippen LogP contribution in [-0.4, -0.2) is 39.9 Å². The van der Waals surface area contributed by atoms with Crippen molar-refractivity contribution in [1.82, 2.24) is 14.9 Å². The summed E-state index contributed by atoms with van der Waals surface area (Å²) in [5.74, 6) is -0.196. The molecule has 1 aromatic carbocycles. The van der Waals surface area contributed by atoms with E-state index in [4.69, 9.17) is 0 Å². The molecular weight excluding hydrogens is 492 g/mol. The zero-order valence-corrected chi connectivity index (χ0v) is 20.6. The SMILES string of the molecule is Cc1nc(C(=O)N2CCC3(CCC3)CC2CNc2ccc(C(F)(F)F)cn2)c(-c2ccc(F)cc2)s1. The maximum absolute atomic E-state index is 13.8. The number of alkyl halides is 3. The molecule has 3 aromatic rings. The fourth-order valence-electron chi connectivity index (χ4n) is 5.23. The first-order valence-electron chi connectivity index (χ1n) is 12.0. The lowest BCUT2D eigenvalue weighted by Crippen LogP contribution is -2.54. The molecule has 0 bridgehead atoms. The lowest BCUT2D eigenvalue weighted by molar-refractivity contribution is -0.137. The standard InChI is InChI=1S/C26H26F4N4OS/c1-16-33-22(23(36-16)17-3-6-19(27)7-4-17)24(35)34-12-11-25(9-2-10-25)13-20(34)15-32-21-8-5-18(14-31-21)26(28,29)30/h3-8,14,20H,2,9-13,15H2,1H3,(H,31,32). The largest absolute Gasteiger partial charge is 0.417 e. The average molecular weight is 519 g/mol. The molecule has 5 nitrogen and oxygen atoms in total. The number of aromatic nitrogens is 2. The van der Waals surface area contributed by atoms with Gasteiger partial charge in [0.2, 0.25) is 0 Å². The fraction of sp³-hybridized carbons (Fsp3) is 0.423. The number of anilines is 1. The number of benzene rings is 1. The number of thiazole rings is 1. The summed E-state index contributed by atoms with van der Waals surface area (Å²) in [5.41, 5.74) is 0.505. The van der Waals surface area contributed by atoms with Gasteiger partial charge in [0.05, 0.1) is 15.4 Å². The molecule has 1 aliphatic carbocycles. The van der Waals surface area contributed by atoms with E-state index < -0.39 is 11.7 Å². The average Bonchev–Trinajstić information content (AvgIpc) is 3.23. The number of rotatable bonds is 5. The summed E-state index contributed by atoms with van der Waals surface area (Å²) in [4.78, 5) is 24.8. The Labute approximate surface area is 210 Å². The number of hydrogen-bond donors (Lipinski definition) is 1. The summed E-state index contributed by atoms with van der Waals surface area (Å²) in [6, 6.07) is 8.18. The van der Waals surface area contributed by atoms with Crippen LogP contribution in [0.3, 0.4) is 0 Å².